The fourth-order valence-corrected chi connectivity index (χ4v) is 2.89. The highest BCUT2D eigenvalue weighted by Gasteiger charge is 2.17. The standard InChI is InChI=1S/C20H23N5O3/c21-18(22)14-4-3-5-16(12-14)27-10-11-28-20(26)15-6-7-17(24-13-15)19(23)25-8-1-2-9-25/h3-7,12-13,23H,1-2,8-11H2,(H3,21,22). The van der Waals surface area contributed by atoms with Crippen LogP contribution in [0.25, 0.3) is 0 Å². The van der Waals surface area contributed by atoms with Crippen molar-refractivity contribution in [2.24, 2.45) is 5.73 Å². The molecule has 28 heavy (non-hydrogen) atoms. The first-order chi connectivity index (χ1) is 13.5. The van der Waals surface area contributed by atoms with Crippen LogP contribution in [0.4, 0.5) is 0 Å². The Kier molecular flexibility index (Phi) is 6.21. The Hall–Kier alpha value is -3.42. The van der Waals surface area contributed by atoms with Gasteiger partial charge in [-0.2, -0.15) is 0 Å². The molecule has 1 aromatic heterocycles. The number of hydrogen-bond acceptors (Lipinski definition) is 6. The molecule has 1 aliphatic heterocycles. The van der Waals surface area contributed by atoms with Gasteiger partial charge in [0.2, 0.25) is 0 Å². The van der Waals surface area contributed by atoms with Gasteiger partial charge in [-0.3, -0.25) is 15.8 Å². The predicted molar refractivity (Wildman–Crippen MR) is 105 cm³/mol. The lowest BCUT2D eigenvalue weighted by molar-refractivity contribution is 0.0450. The molecule has 0 saturated carbocycles. The summed E-state index contributed by atoms with van der Waals surface area (Å²) in [7, 11) is 0. The average Bonchev–Trinajstić information content (AvgIpc) is 3.25. The molecule has 146 valence electrons. The topological polar surface area (TPSA) is 125 Å². The second-order valence-corrected chi connectivity index (χ2v) is 6.40. The predicted octanol–water partition coefficient (Wildman–Crippen LogP) is 2.02. The number of nitrogens with zero attached hydrogens (tertiary/aromatic N) is 2. The number of rotatable bonds is 7. The zero-order valence-electron chi connectivity index (χ0n) is 15.5. The number of likely N-dealkylation sites (tertiary alicyclic amines) is 1. The molecule has 0 bridgehead atoms. The third kappa shape index (κ3) is 4.85. The normalized spacial score (nSPS) is 13.2. The quantitative estimate of drug-likeness (QED) is 0.292. The van der Waals surface area contributed by atoms with Crippen LogP contribution in [0.1, 0.15) is 34.5 Å². The summed E-state index contributed by atoms with van der Waals surface area (Å²) in [5.74, 6) is 0.410. The number of amidine groups is 2. The van der Waals surface area contributed by atoms with Crippen molar-refractivity contribution in [3.8, 4) is 5.75 Å². The summed E-state index contributed by atoms with van der Waals surface area (Å²) in [4.78, 5) is 18.3. The second kappa shape index (κ2) is 8.98. The van der Waals surface area contributed by atoms with E-state index in [1.54, 1.807) is 36.4 Å². The summed E-state index contributed by atoms with van der Waals surface area (Å²) in [6.45, 7) is 2.01. The minimum atomic E-state index is -0.493. The molecule has 1 aliphatic rings. The number of nitrogens with two attached hydrogens (primary N) is 1. The van der Waals surface area contributed by atoms with E-state index in [9.17, 15) is 4.79 Å². The largest absolute Gasteiger partial charge is 0.490 e. The number of hydrogen-bond donors (Lipinski definition) is 3. The number of ether oxygens (including phenoxy) is 2. The minimum Gasteiger partial charge on any atom is -0.490 e. The molecule has 0 spiro atoms. The Morgan fingerprint density at radius 3 is 2.57 bits per heavy atom. The Labute approximate surface area is 163 Å². The molecule has 3 rings (SSSR count). The van der Waals surface area contributed by atoms with Crippen molar-refractivity contribution in [2.75, 3.05) is 26.3 Å². The number of nitrogen functional groups attached to an aromatic ring is 1. The molecular formula is C20H23N5O3. The van der Waals surface area contributed by atoms with E-state index < -0.39 is 5.97 Å². The third-order valence-corrected chi connectivity index (χ3v) is 4.39. The van der Waals surface area contributed by atoms with E-state index in [-0.39, 0.29) is 19.0 Å². The highest BCUT2D eigenvalue weighted by Crippen LogP contribution is 2.14. The fourth-order valence-electron chi connectivity index (χ4n) is 2.89. The Morgan fingerprint density at radius 1 is 1.11 bits per heavy atom. The Morgan fingerprint density at radius 2 is 1.89 bits per heavy atom. The molecule has 4 N–H and O–H groups in total. The van der Waals surface area contributed by atoms with E-state index in [2.05, 4.69) is 4.98 Å². The Balaban J connectivity index is 1.46. The highest BCUT2D eigenvalue weighted by atomic mass is 16.6. The molecule has 0 amide bonds. The van der Waals surface area contributed by atoms with Crippen LogP contribution in [0.15, 0.2) is 42.6 Å². The molecule has 0 atom stereocenters. The van der Waals surface area contributed by atoms with Crippen LogP contribution < -0.4 is 10.5 Å². The van der Waals surface area contributed by atoms with Gasteiger partial charge in [-0.1, -0.05) is 12.1 Å². The lowest BCUT2D eigenvalue weighted by Gasteiger charge is -2.17. The van der Waals surface area contributed by atoms with E-state index in [4.69, 9.17) is 26.0 Å². The zero-order valence-corrected chi connectivity index (χ0v) is 15.5. The molecule has 0 radical (unpaired) electrons. The smallest absolute Gasteiger partial charge is 0.339 e. The maximum Gasteiger partial charge on any atom is 0.339 e. The number of pyridine rings is 1. The van der Waals surface area contributed by atoms with E-state index in [1.807, 2.05) is 4.90 Å². The molecule has 1 aromatic carbocycles. The van der Waals surface area contributed by atoms with Crippen LogP contribution in [0, 0.1) is 10.8 Å². The molecule has 2 aromatic rings. The van der Waals surface area contributed by atoms with Crippen molar-refractivity contribution < 1.29 is 14.3 Å². The monoisotopic (exact) mass is 381 g/mol. The summed E-state index contributed by atoms with van der Waals surface area (Å²) in [6, 6.07) is 10.1. The molecule has 8 nitrogen and oxygen atoms in total. The summed E-state index contributed by atoms with van der Waals surface area (Å²) in [5.41, 5.74) is 6.89. The number of carbonyl (C=O) groups is 1. The van der Waals surface area contributed by atoms with Crippen LogP contribution in [0.3, 0.4) is 0 Å². The molecule has 8 heteroatoms. The average molecular weight is 381 g/mol. The molecule has 1 saturated heterocycles. The number of carbonyl (C=O) groups excluding carboxylic acids is 1. The van der Waals surface area contributed by atoms with Crippen LogP contribution in [-0.4, -0.2) is 53.8 Å². The number of nitrogens with one attached hydrogen (secondary N) is 2. The van der Waals surface area contributed by atoms with Crippen molar-refractivity contribution in [2.45, 2.75) is 12.8 Å². The third-order valence-electron chi connectivity index (χ3n) is 4.39. The van der Waals surface area contributed by atoms with Crippen molar-refractivity contribution in [1.29, 1.82) is 10.8 Å². The number of esters is 1. The minimum absolute atomic E-state index is 0.0364. The van der Waals surface area contributed by atoms with Crippen molar-refractivity contribution >= 4 is 17.6 Å². The summed E-state index contributed by atoms with van der Waals surface area (Å²) in [6.07, 6.45) is 3.61. The van der Waals surface area contributed by atoms with Crippen LogP contribution in [-0.2, 0) is 4.74 Å². The molecular weight excluding hydrogens is 358 g/mol. The van der Waals surface area contributed by atoms with Gasteiger partial charge in [-0.15, -0.1) is 0 Å². The van der Waals surface area contributed by atoms with Gasteiger partial charge in [-0.25, -0.2) is 4.79 Å². The highest BCUT2D eigenvalue weighted by molar-refractivity contribution is 5.96. The number of benzene rings is 1. The summed E-state index contributed by atoms with van der Waals surface area (Å²) >= 11 is 0. The van der Waals surface area contributed by atoms with Crippen molar-refractivity contribution in [3.05, 3.63) is 59.4 Å². The van der Waals surface area contributed by atoms with Gasteiger partial charge in [0.1, 0.15) is 36.3 Å². The lowest BCUT2D eigenvalue weighted by atomic mass is 10.2. The van der Waals surface area contributed by atoms with E-state index in [1.165, 1.54) is 6.20 Å². The van der Waals surface area contributed by atoms with Crippen molar-refractivity contribution in [1.82, 2.24) is 9.88 Å². The van der Waals surface area contributed by atoms with Gasteiger partial charge >= 0.3 is 5.97 Å². The lowest BCUT2D eigenvalue weighted by Crippen LogP contribution is -2.28. The van der Waals surface area contributed by atoms with Crippen LogP contribution >= 0.6 is 0 Å². The van der Waals surface area contributed by atoms with E-state index in [0.717, 1.165) is 25.9 Å². The van der Waals surface area contributed by atoms with Crippen LogP contribution in [0.2, 0.25) is 0 Å². The zero-order chi connectivity index (χ0) is 19.9. The second-order valence-electron chi connectivity index (χ2n) is 6.40. The fraction of sp³-hybridized carbons (Fsp3) is 0.300. The first kappa shape index (κ1) is 19.3. The Bertz CT molecular complexity index is 860. The summed E-state index contributed by atoms with van der Waals surface area (Å²) < 4.78 is 10.7. The number of aromatic nitrogens is 1. The molecule has 1 fully saturated rings. The van der Waals surface area contributed by atoms with Gasteiger partial charge in [0.05, 0.1) is 5.56 Å². The molecule has 0 aliphatic carbocycles. The maximum absolute atomic E-state index is 12.1. The van der Waals surface area contributed by atoms with Gasteiger partial charge in [0, 0.05) is 24.8 Å². The van der Waals surface area contributed by atoms with Crippen molar-refractivity contribution in [3.63, 3.8) is 0 Å². The first-order valence-corrected chi connectivity index (χ1v) is 9.09. The molecule has 0 unspecified atom stereocenters. The van der Waals surface area contributed by atoms with E-state index in [0.29, 0.717) is 28.4 Å². The van der Waals surface area contributed by atoms with E-state index >= 15 is 0 Å². The van der Waals surface area contributed by atoms with Gasteiger partial charge in [0.25, 0.3) is 0 Å². The molecule has 2 heterocycles. The SMILES string of the molecule is N=C(N)c1cccc(OCCOC(=O)c2ccc(C(=N)N3CCCC3)nc2)c1. The van der Waals surface area contributed by atoms with Gasteiger partial charge in [-0.05, 0) is 37.1 Å². The van der Waals surface area contributed by atoms with Crippen LogP contribution in [0.5, 0.6) is 5.75 Å². The summed E-state index contributed by atoms with van der Waals surface area (Å²) in [5, 5.41) is 15.6. The van der Waals surface area contributed by atoms with Gasteiger partial charge in [0.15, 0.2) is 0 Å². The maximum atomic E-state index is 12.1. The first-order valence-electron chi connectivity index (χ1n) is 9.09. The van der Waals surface area contributed by atoms with Gasteiger partial charge < -0.3 is 20.1 Å².